The van der Waals surface area contributed by atoms with Gasteiger partial charge < -0.3 is 0 Å². The van der Waals surface area contributed by atoms with Crippen LogP contribution in [0.3, 0.4) is 0 Å². The number of hydrogen-bond acceptors (Lipinski definition) is 2. The van der Waals surface area contributed by atoms with Gasteiger partial charge in [-0.2, -0.15) is 25.8 Å². The molecule has 5 heteroatoms. The first kappa shape index (κ1) is 14.4. The Morgan fingerprint density at radius 2 is 1.82 bits per heavy atom. The van der Waals surface area contributed by atoms with Crippen LogP contribution in [-0.2, 0) is 0 Å². The minimum absolute atomic E-state index is 0.0203. The summed E-state index contributed by atoms with van der Waals surface area (Å²) >= 11 is 4.21. The highest BCUT2D eigenvalue weighted by Crippen LogP contribution is 2.21. The Kier molecular flexibility index (Phi) is 5.33. The quantitative estimate of drug-likeness (QED) is 0.798. The predicted octanol–water partition coefficient (Wildman–Crippen LogP) is 3.19. The molecule has 1 aromatic carbocycles. The van der Waals surface area contributed by atoms with Crippen LogP contribution in [0.5, 0.6) is 0 Å². The maximum atomic E-state index is 12.2. The molecule has 0 amide bonds. The molecule has 0 bridgehead atoms. The normalized spacial score (nSPS) is 14.0. The lowest BCUT2D eigenvalue weighted by atomic mass is 10.0. The van der Waals surface area contributed by atoms with E-state index >= 15 is 0 Å². The van der Waals surface area contributed by atoms with Crippen molar-refractivity contribution in [3.8, 4) is 0 Å². The van der Waals surface area contributed by atoms with Crippen molar-refractivity contribution in [1.29, 1.82) is 0 Å². The summed E-state index contributed by atoms with van der Waals surface area (Å²) in [5, 5.41) is 0. The topological polar surface area (TPSA) is 3.24 Å². The van der Waals surface area contributed by atoms with E-state index in [0.717, 1.165) is 5.56 Å². The zero-order valence-corrected chi connectivity index (χ0v) is 10.5. The van der Waals surface area contributed by atoms with Crippen LogP contribution in [0.15, 0.2) is 30.3 Å². The molecule has 0 aliphatic heterocycles. The molecule has 1 aromatic rings. The van der Waals surface area contributed by atoms with Gasteiger partial charge in [-0.15, -0.1) is 0 Å². The third-order valence-electron chi connectivity index (χ3n) is 2.47. The predicted molar refractivity (Wildman–Crippen MR) is 66.6 cm³/mol. The molecule has 1 atom stereocenters. The highest BCUT2D eigenvalue weighted by Gasteiger charge is 2.29. The lowest BCUT2D eigenvalue weighted by molar-refractivity contribution is -0.143. The molecular formula is C12H16F3NS. The maximum absolute atomic E-state index is 12.2. The zero-order chi connectivity index (χ0) is 12.9. The van der Waals surface area contributed by atoms with Crippen LogP contribution >= 0.6 is 12.6 Å². The maximum Gasteiger partial charge on any atom is 0.401 e. The number of rotatable bonds is 5. The number of likely N-dealkylation sites (N-methyl/N-ethyl adjacent to an activating group) is 1. The highest BCUT2D eigenvalue weighted by molar-refractivity contribution is 7.80. The molecular weight excluding hydrogens is 247 g/mol. The molecule has 0 fully saturated rings. The van der Waals surface area contributed by atoms with Gasteiger partial charge in [-0.3, -0.25) is 4.90 Å². The summed E-state index contributed by atoms with van der Waals surface area (Å²) < 4.78 is 36.6. The van der Waals surface area contributed by atoms with Crippen LogP contribution in [0.4, 0.5) is 13.2 Å². The standard InChI is InChI=1S/C12H16F3NS/c1-16(9-12(13,14)15)7-11(8-17)10-5-3-2-4-6-10/h2-6,11,17H,7-9H2,1H3. The summed E-state index contributed by atoms with van der Waals surface area (Å²) in [4.78, 5) is 1.29. The number of alkyl halides is 3. The van der Waals surface area contributed by atoms with E-state index < -0.39 is 12.7 Å². The highest BCUT2D eigenvalue weighted by atomic mass is 32.1. The molecule has 0 heterocycles. The summed E-state index contributed by atoms with van der Waals surface area (Å²) in [6.45, 7) is -0.531. The van der Waals surface area contributed by atoms with Gasteiger partial charge >= 0.3 is 6.18 Å². The van der Waals surface area contributed by atoms with E-state index in [1.165, 1.54) is 11.9 Å². The van der Waals surface area contributed by atoms with Crippen LogP contribution < -0.4 is 0 Å². The first-order chi connectivity index (χ1) is 7.92. The molecule has 1 rings (SSSR count). The van der Waals surface area contributed by atoms with Crippen LogP contribution in [0.2, 0.25) is 0 Å². The van der Waals surface area contributed by atoms with Gasteiger partial charge in [-0.05, 0) is 18.4 Å². The Morgan fingerprint density at radius 3 is 2.29 bits per heavy atom. The van der Waals surface area contributed by atoms with Crippen LogP contribution in [-0.4, -0.2) is 37.0 Å². The molecule has 0 aromatic heterocycles. The number of thiol groups is 1. The zero-order valence-electron chi connectivity index (χ0n) is 9.61. The van der Waals surface area contributed by atoms with Crippen LogP contribution in [0.25, 0.3) is 0 Å². The molecule has 1 unspecified atom stereocenters. The molecule has 0 N–H and O–H groups in total. The smallest absolute Gasteiger partial charge is 0.297 e. The van der Waals surface area contributed by atoms with Gasteiger partial charge in [0.25, 0.3) is 0 Å². The summed E-state index contributed by atoms with van der Waals surface area (Å²) in [5.74, 6) is 0.554. The first-order valence-corrected chi connectivity index (χ1v) is 5.96. The fraction of sp³-hybridized carbons (Fsp3) is 0.500. The van der Waals surface area contributed by atoms with Gasteiger partial charge in [-0.25, -0.2) is 0 Å². The van der Waals surface area contributed by atoms with Crippen molar-refractivity contribution in [3.63, 3.8) is 0 Å². The Morgan fingerprint density at radius 1 is 1.24 bits per heavy atom. The second kappa shape index (κ2) is 6.31. The average Bonchev–Trinajstić information content (AvgIpc) is 2.24. The molecule has 0 spiro atoms. The van der Waals surface area contributed by atoms with E-state index in [1.54, 1.807) is 0 Å². The summed E-state index contributed by atoms with van der Waals surface area (Å²) in [7, 11) is 1.48. The molecule has 0 saturated heterocycles. The largest absolute Gasteiger partial charge is 0.401 e. The Hall–Kier alpha value is -0.680. The number of benzene rings is 1. The van der Waals surface area contributed by atoms with Gasteiger partial charge in [0.15, 0.2) is 0 Å². The van der Waals surface area contributed by atoms with Gasteiger partial charge in [0.1, 0.15) is 0 Å². The summed E-state index contributed by atoms with van der Waals surface area (Å²) in [6.07, 6.45) is -4.15. The molecule has 0 radical (unpaired) electrons. The lowest BCUT2D eigenvalue weighted by Gasteiger charge is -2.24. The van der Waals surface area contributed by atoms with Crippen molar-refractivity contribution in [2.75, 3.05) is 25.9 Å². The number of hydrogen-bond donors (Lipinski definition) is 1. The van der Waals surface area contributed by atoms with Gasteiger partial charge in [0.2, 0.25) is 0 Å². The van der Waals surface area contributed by atoms with Gasteiger partial charge in [-0.1, -0.05) is 30.3 Å². The van der Waals surface area contributed by atoms with Crippen molar-refractivity contribution in [1.82, 2.24) is 4.90 Å². The third-order valence-corrected chi connectivity index (χ3v) is 2.91. The number of halogens is 3. The fourth-order valence-electron chi connectivity index (χ4n) is 1.74. The third kappa shape index (κ3) is 5.46. The average molecular weight is 263 g/mol. The number of nitrogens with zero attached hydrogens (tertiary/aromatic N) is 1. The lowest BCUT2D eigenvalue weighted by Crippen LogP contribution is -2.34. The molecule has 0 aliphatic carbocycles. The van der Waals surface area contributed by atoms with E-state index in [2.05, 4.69) is 12.6 Å². The molecule has 96 valence electrons. The second-order valence-corrected chi connectivity index (χ2v) is 4.47. The van der Waals surface area contributed by atoms with Crippen LogP contribution in [0.1, 0.15) is 11.5 Å². The minimum atomic E-state index is -4.15. The van der Waals surface area contributed by atoms with Gasteiger partial charge in [0, 0.05) is 12.5 Å². The summed E-state index contributed by atoms with van der Waals surface area (Å²) in [5.41, 5.74) is 1.02. The van der Waals surface area contributed by atoms with E-state index in [1.807, 2.05) is 30.3 Å². The second-order valence-electron chi connectivity index (χ2n) is 4.10. The van der Waals surface area contributed by atoms with E-state index in [0.29, 0.717) is 12.3 Å². The molecule has 0 aliphatic rings. The Labute approximate surface area is 105 Å². The molecule has 17 heavy (non-hydrogen) atoms. The first-order valence-electron chi connectivity index (χ1n) is 5.33. The van der Waals surface area contributed by atoms with Crippen molar-refractivity contribution >= 4 is 12.6 Å². The Balaban J connectivity index is 2.59. The van der Waals surface area contributed by atoms with Gasteiger partial charge in [0.05, 0.1) is 6.54 Å². The Bertz CT molecular complexity index is 326. The molecule has 1 nitrogen and oxygen atoms in total. The summed E-state index contributed by atoms with van der Waals surface area (Å²) in [6, 6.07) is 9.49. The minimum Gasteiger partial charge on any atom is -0.297 e. The van der Waals surface area contributed by atoms with Crippen molar-refractivity contribution < 1.29 is 13.2 Å². The van der Waals surface area contributed by atoms with Crippen molar-refractivity contribution in [2.24, 2.45) is 0 Å². The van der Waals surface area contributed by atoms with E-state index in [9.17, 15) is 13.2 Å². The SMILES string of the molecule is CN(CC(CS)c1ccccc1)CC(F)(F)F. The van der Waals surface area contributed by atoms with Crippen LogP contribution in [0, 0.1) is 0 Å². The van der Waals surface area contributed by atoms with E-state index in [4.69, 9.17) is 0 Å². The fourth-order valence-corrected chi connectivity index (χ4v) is 2.07. The molecule has 0 saturated carbocycles. The van der Waals surface area contributed by atoms with Crippen molar-refractivity contribution in [2.45, 2.75) is 12.1 Å². The van der Waals surface area contributed by atoms with Crippen molar-refractivity contribution in [3.05, 3.63) is 35.9 Å². The monoisotopic (exact) mass is 263 g/mol. The van der Waals surface area contributed by atoms with E-state index in [-0.39, 0.29) is 5.92 Å².